The minimum Gasteiger partial charge on any atom is -0.352 e. The third-order valence-corrected chi connectivity index (χ3v) is 7.22. The number of hydrogen-bond donors (Lipinski definition) is 2. The van der Waals surface area contributed by atoms with E-state index in [1.54, 1.807) is 0 Å². The normalized spacial score (nSPS) is 19.0. The van der Waals surface area contributed by atoms with E-state index in [0.29, 0.717) is 37.0 Å². The molecule has 2 fully saturated rings. The molecule has 0 saturated carbocycles. The lowest BCUT2D eigenvalue weighted by atomic mass is 9.72. The number of H-pyrrole nitrogens is 1. The monoisotopic (exact) mass is 503 g/mol. The predicted octanol–water partition coefficient (Wildman–Crippen LogP) is 2.74. The molecule has 0 spiro atoms. The molecule has 2 aliphatic rings. The highest BCUT2D eigenvalue weighted by molar-refractivity contribution is 9.10. The fraction of sp³-hybridized carbons (Fsp3) is 0.429. The van der Waals surface area contributed by atoms with Crippen molar-refractivity contribution in [3.63, 3.8) is 0 Å². The van der Waals surface area contributed by atoms with Crippen molar-refractivity contribution in [1.29, 1.82) is 0 Å². The van der Waals surface area contributed by atoms with Gasteiger partial charge in [-0.1, -0.05) is 39.7 Å². The summed E-state index contributed by atoms with van der Waals surface area (Å²) in [6.07, 6.45) is 3.12. The van der Waals surface area contributed by atoms with E-state index in [1.807, 2.05) is 17.0 Å². The van der Waals surface area contributed by atoms with Crippen molar-refractivity contribution >= 4 is 50.3 Å². The molecule has 0 radical (unpaired) electrons. The van der Waals surface area contributed by atoms with Crippen LogP contribution in [0.1, 0.15) is 18.4 Å². The zero-order chi connectivity index (χ0) is 21.4. The number of halogens is 2. The molecule has 31 heavy (non-hydrogen) atoms. The highest BCUT2D eigenvalue weighted by Crippen LogP contribution is 2.37. The molecule has 2 aromatic heterocycles. The summed E-state index contributed by atoms with van der Waals surface area (Å²) in [7, 11) is 0. The van der Waals surface area contributed by atoms with Gasteiger partial charge in [-0.25, -0.2) is 9.97 Å². The van der Waals surface area contributed by atoms with Gasteiger partial charge >= 0.3 is 0 Å². The molecule has 1 amide bonds. The molecule has 0 unspecified atom stereocenters. The molecule has 2 aliphatic heterocycles. The van der Waals surface area contributed by atoms with Gasteiger partial charge in [-0.15, -0.1) is 0 Å². The van der Waals surface area contributed by atoms with E-state index in [9.17, 15) is 4.79 Å². The number of anilines is 1. The van der Waals surface area contributed by atoms with E-state index >= 15 is 0 Å². The maximum absolute atomic E-state index is 13.8. The Balaban J connectivity index is 1.37. The lowest BCUT2D eigenvalue weighted by Gasteiger charge is -2.43. The third-order valence-electron chi connectivity index (χ3n) is 6.42. The molecule has 2 saturated heterocycles. The number of carbonyl (C=O) groups is 1. The molecule has 0 atom stereocenters. The topological polar surface area (TPSA) is 90.0 Å². The van der Waals surface area contributed by atoms with Crippen molar-refractivity contribution in [3.05, 3.63) is 45.8 Å². The van der Waals surface area contributed by atoms with Gasteiger partial charge in [0.2, 0.25) is 5.91 Å². The van der Waals surface area contributed by atoms with Gasteiger partial charge in [0, 0.05) is 30.7 Å². The molecule has 10 heteroatoms. The second-order valence-electron chi connectivity index (χ2n) is 8.05. The molecule has 5 rings (SSSR count). The molecule has 0 aliphatic carbocycles. The number of aromatic nitrogens is 4. The number of piperidine rings is 1. The second kappa shape index (κ2) is 8.37. The summed E-state index contributed by atoms with van der Waals surface area (Å²) >= 11 is 9.79. The molecule has 8 nitrogen and oxygen atoms in total. The maximum Gasteiger partial charge on any atom is 0.233 e. The van der Waals surface area contributed by atoms with Gasteiger partial charge in [0.15, 0.2) is 5.65 Å². The first-order chi connectivity index (χ1) is 15.1. The van der Waals surface area contributed by atoms with Gasteiger partial charge in [-0.2, -0.15) is 5.10 Å². The van der Waals surface area contributed by atoms with E-state index in [4.69, 9.17) is 11.6 Å². The zero-order valence-electron chi connectivity index (χ0n) is 16.9. The Kier molecular flexibility index (Phi) is 5.58. The van der Waals surface area contributed by atoms with Gasteiger partial charge in [0.05, 0.1) is 5.41 Å². The average Bonchev–Trinajstić information content (AvgIpc) is 3.21. The van der Waals surface area contributed by atoms with Crippen molar-refractivity contribution in [2.45, 2.75) is 18.3 Å². The van der Waals surface area contributed by atoms with Crippen molar-refractivity contribution in [2.24, 2.45) is 0 Å². The van der Waals surface area contributed by atoms with Crippen LogP contribution in [0.15, 0.2) is 35.1 Å². The van der Waals surface area contributed by atoms with Crippen LogP contribution in [-0.2, 0) is 10.2 Å². The van der Waals surface area contributed by atoms with E-state index in [0.717, 1.165) is 47.2 Å². The molecule has 2 N–H and O–H groups in total. The lowest BCUT2D eigenvalue weighted by molar-refractivity contribution is -0.139. The van der Waals surface area contributed by atoms with Crippen LogP contribution in [-0.4, -0.2) is 70.2 Å². The highest BCUT2D eigenvalue weighted by atomic mass is 79.9. The van der Waals surface area contributed by atoms with Gasteiger partial charge in [-0.05, 0) is 43.6 Å². The highest BCUT2D eigenvalue weighted by Gasteiger charge is 2.44. The zero-order valence-corrected chi connectivity index (χ0v) is 19.3. The molecule has 1 aromatic carbocycles. The Morgan fingerprint density at radius 3 is 2.48 bits per heavy atom. The number of benzene rings is 1. The summed E-state index contributed by atoms with van der Waals surface area (Å²) in [5.41, 5.74) is 1.19. The molecule has 0 bridgehead atoms. The number of hydrogen-bond acceptors (Lipinski definition) is 6. The number of rotatable bonds is 3. The maximum atomic E-state index is 13.8. The summed E-state index contributed by atoms with van der Waals surface area (Å²) < 4.78 is 1.02. The molecule has 3 aromatic rings. The summed E-state index contributed by atoms with van der Waals surface area (Å²) in [6.45, 7) is 4.36. The summed E-state index contributed by atoms with van der Waals surface area (Å²) in [6, 6.07) is 8.23. The second-order valence-corrected chi connectivity index (χ2v) is 9.35. The Bertz CT molecular complexity index is 1090. The van der Waals surface area contributed by atoms with Gasteiger partial charge < -0.3 is 15.1 Å². The van der Waals surface area contributed by atoms with Crippen molar-refractivity contribution in [1.82, 2.24) is 30.4 Å². The van der Waals surface area contributed by atoms with Gasteiger partial charge in [0.25, 0.3) is 0 Å². The molecular formula is C21H23BrClN7O. The molecular weight excluding hydrogens is 482 g/mol. The number of nitrogens with one attached hydrogen (secondary N) is 2. The van der Waals surface area contributed by atoms with Crippen LogP contribution in [0.25, 0.3) is 11.0 Å². The van der Waals surface area contributed by atoms with Crippen molar-refractivity contribution in [3.8, 4) is 0 Å². The van der Waals surface area contributed by atoms with Crippen LogP contribution in [0.4, 0.5) is 5.82 Å². The van der Waals surface area contributed by atoms with Gasteiger partial charge in [0.1, 0.15) is 22.7 Å². The van der Waals surface area contributed by atoms with Crippen LogP contribution < -0.4 is 10.2 Å². The fourth-order valence-electron chi connectivity index (χ4n) is 4.72. The lowest BCUT2D eigenvalue weighted by Crippen LogP contribution is -2.57. The number of carbonyl (C=O) groups excluding carboxylic acids is 1. The molecule has 4 heterocycles. The summed E-state index contributed by atoms with van der Waals surface area (Å²) in [4.78, 5) is 26.6. The summed E-state index contributed by atoms with van der Waals surface area (Å²) in [5, 5.41) is 11.5. The van der Waals surface area contributed by atoms with Crippen LogP contribution >= 0.6 is 27.5 Å². The minimum absolute atomic E-state index is 0.227. The fourth-order valence-corrected chi connectivity index (χ4v) is 5.19. The average molecular weight is 505 g/mol. The van der Waals surface area contributed by atoms with Crippen LogP contribution in [0.3, 0.4) is 0 Å². The minimum atomic E-state index is -0.468. The standard InChI is InChI=1S/C21H23BrClN7O/c22-15-3-1-14(2-4-15)21(5-7-24-8-6-21)20(31)30-11-9-29(10-12-30)19-16-17(23)27-28-18(16)25-13-26-19/h1-4,13,24H,5-12H2,(H,25,26,27,28). The quantitative estimate of drug-likeness (QED) is 0.570. The first kappa shape index (κ1) is 20.7. The molecule has 162 valence electrons. The van der Waals surface area contributed by atoms with Crippen molar-refractivity contribution < 1.29 is 4.79 Å². The Hall–Kier alpha value is -2.23. The van der Waals surface area contributed by atoms with E-state index in [2.05, 4.69) is 58.4 Å². The Morgan fingerprint density at radius 1 is 1.06 bits per heavy atom. The van der Waals surface area contributed by atoms with Gasteiger partial charge in [-0.3, -0.25) is 9.89 Å². The van der Waals surface area contributed by atoms with Crippen LogP contribution in [0.2, 0.25) is 5.15 Å². The van der Waals surface area contributed by atoms with Crippen LogP contribution in [0.5, 0.6) is 0 Å². The number of amides is 1. The predicted molar refractivity (Wildman–Crippen MR) is 123 cm³/mol. The first-order valence-electron chi connectivity index (χ1n) is 10.4. The van der Waals surface area contributed by atoms with Crippen LogP contribution in [0, 0.1) is 0 Å². The number of fused-ring (bicyclic) bond motifs is 1. The Labute approximate surface area is 193 Å². The summed E-state index contributed by atoms with van der Waals surface area (Å²) in [5.74, 6) is 0.991. The van der Waals surface area contributed by atoms with E-state index < -0.39 is 5.41 Å². The smallest absolute Gasteiger partial charge is 0.233 e. The van der Waals surface area contributed by atoms with E-state index in [-0.39, 0.29) is 5.91 Å². The Morgan fingerprint density at radius 2 is 1.77 bits per heavy atom. The third kappa shape index (κ3) is 3.68. The number of piperazine rings is 1. The van der Waals surface area contributed by atoms with Crippen molar-refractivity contribution in [2.75, 3.05) is 44.2 Å². The number of nitrogens with zero attached hydrogens (tertiary/aromatic N) is 5. The van der Waals surface area contributed by atoms with E-state index in [1.165, 1.54) is 6.33 Å². The first-order valence-corrected chi connectivity index (χ1v) is 11.6. The SMILES string of the molecule is O=C(N1CCN(c2ncnc3n[nH]c(Cl)c23)CC1)C1(c2ccc(Br)cc2)CCNCC1. The largest absolute Gasteiger partial charge is 0.352 e. The number of aromatic amines is 1.